The van der Waals surface area contributed by atoms with E-state index >= 15 is 0 Å². The average molecular weight is 620 g/mol. The lowest BCUT2D eigenvalue weighted by Crippen LogP contribution is -2.55. The second-order valence-corrected chi connectivity index (χ2v) is 14.4. The minimum Gasteiger partial charge on any atom is -0.345 e. The SMILES string of the molecule is CCCCCC1CCC2(CC1)N=C(C1=CCC=C(F)C1)C(=O)N2C(CCC(C)(C)C)C1=CC=C(C(=O)NCc2nn[nH]n2)CC1. The van der Waals surface area contributed by atoms with Gasteiger partial charge in [-0.25, -0.2) is 4.39 Å². The molecule has 1 aromatic heterocycles. The number of allylic oxidation sites excluding steroid dienone is 5. The molecule has 1 aliphatic heterocycles. The molecule has 5 rings (SSSR count). The number of aromatic amines is 1. The van der Waals surface area contributed by atoms with Crippen LogP contribution >= 0.6 is 0 Å². The van der Waals surface area contributed by atoms with Gasteiger partial charge in [-0.05, 0) is 86.3 Å². The highest BCUT2D eigenvalue weighted by atomic mass is 19.1. The highest BCUT2D eigenvalue weighted by Crippen LogP contribution is 2.47. The van der Waals surface area contributed by atoms with E-state index in [2.05, 4.69) is 64.6 Å². The maximum Gasteiger partial charge on any atom is 0.274 e. The van der Waals surface area contributed by atoms with Crippen molar-refractivity contribution in [2.45, 2.75) is 136 Å². The molecule has 45 heavy (non-hydrogen) atoms. The number of nitrogens with zero attached hydrogens (tertiary/aromatic N) is 5. The Labute approximate surface area is 267 Å². The maximum absolute atomic E-state index is 14.5. The molecule has 2 amide bonds. The van der Waals surface area contributed by atoms with Crippen LogP contribution in [-0.4, -0.2) is 54.8 Å². The van der Waals surface area contributed by atoms with Crippen LogP contribution in [0.3, 0.4) is 0 Å². The molecule has 1 atom stereocenters. The number of carbonyl (C=O) groups excluding carboxylic acids is 2. The fraction of sp³-hybridized carbons (Fsp3) is 0.657. The van der Waals surface area contributed by atoms with Gasteiger partial charge < -0.3 is 10.2 Å². The molecule has 1 saturated carbocycles. The summed E-state index contributed by atoms with van der Waals surface area (Å²) >= 11 is 0. The van der Waals surface area contributed by atoms with Crippen molar-refractivity contribution >= 4 is 17.5 Å². The van der Waals surface area contributed by atoms with Gasteiger partial charge in [0.1, 0.15) is 17.2 Å². The number of unbranched alkanes of at least 4 members (excludes halogenated alkanes) is 2. The Morgan fingerprint density at radius 2 is 1.98 bits per heavy atom. The highest BCUT2D eigenvalue weighted by Gasteiger charge is 2.52. The first-order chi connectivity index (χ1) is 21.6. The lowest BCUT2D eigenvalue weighted by molar-refractivity contribution is -0.132. The van der Waals surface area contributed by atoms with Gasteiger partial charge in [0, 0.05) is 12.0 Å². The van der Waals surface area contributed by atoms with E-state index < -0.39 is 5.66 Å². The van der Waals surface area contributed by atoms with Gasteiger partial charge in [0.25, 0.3) is 5.91 Å². The number of aliphatic imine (C=N–C) groups is 1. The molecular formula is C35H50FN7O2. The number of nitrogens with one attached hydrogen (secondary N) is 2. The minimum atomic E-state index is -0.610. The van der Waals surface area contributed by atoms with E-state index in [0.29, 0.717) is 42.3 Å². The van der Waals surface area contributed by atoms with Gasteiger partial charge in [-0.1, -0.05) is 76.8 Å². The Kier molecular flexibility index (Phi) is 10.5. The van der Waals surface area contributed by atoms with Crippen molar-refractivity contribution in [1.29, 1.82) is 0 Å². The van der Waals surface area contributed by atoms with Crippen LogP contribution in [0.2, 0.25) is 0 Å². The molecular weight excluding hydrogens is 569 g/mol. The predicted molar refractivity (Wildman–Crippen MR) is 174 cm³/mol. The van der Waals surface area contributed by atoms with Crippen molar-refractivity contribution in [2.24, 2.45) is 16.3 Å². The first-order valence-electron chi connectivity index (χ1n) is 17.0. The van der Waals surface area contributed by atoms with Crippen molar-refractivity contribution in [3.63, 3.8) is 0 Å². The summed E-state index contributed by atoms with van der Waals surface area (Å²) in [5, 5.41) is 16.6. The normalized spacial score (nSPS) is 24.6. The highest BCUT2D eigenvalue weighted by molar-refractivity contribution is 6.47. The third-order valence-electron chi connectivity index (χ3n) is 9.86. The van der Waals surface area contributed by atoms with Crippen LogP contribution in [0.25, 0.3) is 0 Å². The van der Waals surface area contributed by atoms with Crippen LogP contribution in [0.4, 0.5) is 4.39 Å². The van der Waals surface area contributed by atoms with Crippen LogP contribution in [0.15, 0.2) is 51.8 Å². The molecule has 4 aliphatic rings. The summed E-state index contributed by atoms with van der Waals surface area (Å²) in [7, 11) is 0. The second-order valence-electron chi connectivity index (χ2n) is 14.4. The molecule has 0 bridgehead atoms. The number of tetrazole rings is 1. The molecule has 1 fully saturated rings. The molecule has 244 valence electrons. The van der Waals surface area contributed by atoms with E-state index in [9.17, 15) is 14.0 Å². The Bertz CT molecular complexity index is 1370. The Hall–Kier alpha value is -3.43. The topological polar surface area (TPSA) is 116 Å². The molecule has 0 radical (unpaired) electrons. The van der Waals surface area contributed by atoms with Crippen molar-refractivity contribution in [2.75, 3.05) is 0 Å². The number of amides is 2. The largest absolute Gasteiger partial charge is 0.345 e. The van der Waals surface area contributed by atoms with Crippen LogP contribution in [0.5, 0.6) is 0 Å². The van der Waals surface area contributed by atoms with Crippen molar-refractivity contribution < 1.29 is 14.0 Å². The van der Waals surface area contributed by atoms with E-state index in [1.54, 1.807) is 6.08 Å². The third-order valence-corrected chi connectivity index (χ3v) is 9.86. The first-order valence-corrected chi connectivity index (χ1v) is 17.0. The maximum atomic E-state index is 14.5. The Morgan fingerprint density at radius 3 is 2.62 bits per heavy atom. The zero-order valence-corrected chi connectivity index (χ0v) is 27.5. The molecule has 0 aromatic carbocycles. The van der Waals surface area contributed by atoms with Gasteiger partial charge in [0.05, 0.1) is 12.6 Å². The molecule has 9 nitrogen and oxygen atoms in total. The molecule has 2 heterocycles. The molecule has 10 heteroatoms. The summed E-state index contributed by atoms with van der Waals surface area (Å²) in [5.74, 6) is 0.681. The number of rotatable bonds is 12. The predicted octanol–water partition coefficient (Wildman–Crippen LogP) is 6.98. The molecule has 0 saturated heterocycles. The summed E-state index contributed by atoms with van der Waals surface area (Å²) in [5.41, 5.74) is 2.50. The van der Waals surface area contributed by atoms with E-state index in [1.807, 2.05) is 12.2 Å². The summed E-state index contributed by atoms with van der Waals surface area (Å²) < 4.78 is 14.5. The number of carbonyl (C=O) groups is 2. The summed E-state index contributed by atoms with van der Waals surface area (Å²) in [6, 6.07) is -0.139. The van der Waals surface area contributed by atoms with Gasteiger partial charge >= 0.3 is 0 Å². The van der Waals surface area contributed by atoms with Gasteiger partial charge in [-0.2, -0.15) is 5.21 Å². The quantitative estimate of drug-likeness (QED) is 0.245. The number of hydrogen-bond acceptors (Lipinski definition) is 6. The van der Waals surface area contributed by atoms with Crippen molar-refractivity contribution in [1.82, 2.24) is 30.8 Å². The monoisotopic (exact) mass is 619 g/mol. The van der Waals surface area contributed by atoms with Gasteiger partial charge in [0.15, 0.2) is 5.82 Å². The second kappa shape index (κ2) is 14.3. The zero-order valence-electron chi connectivity index (χ0n) is 27.5. The standard InChI is InChI=1S/C35H50FN7O2/c1-5-6-7-9-24-16-20-35(21-17-24)38-31(27-10-8-11-28(36)22-27)33(45)43(35)29(18-19-34(2,3)4)25-12-14-26(15-13-25)32(44)37-23-30-39-41-42-40-30/h10-12,14,24,29H,5-9,13,15-23H2,1-4H3,(H,37,44)(H,39,40,41,42). The summed E-state index contributed by atoms with van der Waals surface area (Å²) in [6.45, 7) is 9.15. The molecule has 2 N–H and O–H groups in total. The number of aromatic nitrogens is 4. The lowest BCUT2D eigenvalue weighted by atomic mass is 9.77. The van der Waals surface area contributed by atoms with Gasteiger partial charge in [-0.15, -0.1) is 10.2 Å². The number of hydrogen-bond donors (Lipinski definition) is 2. The van der Waals surface area contributed by atoms with Crippen molar-refractivity contribution in [3.05, 3.63) is 52.7 Å². The fourth-order valence-electron chi connectivity index (χ4n) is 7.25. The van der Waals surface area contributed by atoms with E-state index in [0.717, 1.165) is 49.7 Å². The first kappa shape index (κ1) is 32.9. The minimum absolute atomic E-state index is 0.0622. The van der Waals surface area contributed by atoms with Crippen LogP contribution in [0, 0.1) is 11.3 Å². The van der Waals surface area contributed by atoms with E-state index in [1.165, 1.54) is 25.7 Å². The van der Waals surface area contributed by atoms with Gasteiger partial charge in [-0.3, -0.25) is 14.6 Å². The molecule has 3 aliphatic carbocycles. The zero-order chi connectivity index (χ0) is 32.0. The average Bonchev–Trinajstić information content (AvgIpc) is 3.64. The van der Waals surface area contributed by atoms with Crippen LogP contribution in [0.1, 0.15) is 123 Å². The molecule has 1 aromatic rings. The molecule has 1 unspecified atom stereocenters. The lowest BCUT2D eigenvalue weighted by Gasteiger charge is -2.46. The number of halogens is 1. The summed E-state index contributed by atoms with van der Waals surface area (Å²) in [4.78, 5) is 34.9. The Balaban J connectivity index is 1.43. The smallest absolute Gasteiger partial charge is 0.274 e. The van der Waals surface area contributed by atoms with E-state index in [-0.39, 0.29) is 42.1 Å². The van der Waals surface area contributed by atoms with Crippen LogP contribution in [-0.2, 0) is 16.1 Å². The molecule has 1 spiro atoms. The fourth-order valence-corrected chi connectivity index (χ4v) is 7.25. The van der Waals surface area contributed by atoms with E-state index in [4.69, 9.17) is 4.99 Å². The number of H-pyrrole nitrogens is 1. The van der Waals surface area contributed by atoms with Crippen LogP contribution < -0.4 is 5.32 Å². The van der Waals surface area contributed by atoms with Crippen molar-refractivity contribution in [3.8, 4) is 0 Å². The van der Waals surface area contributed by atoms with Gasteiger partial charge in [0.2, 0.25) is 5.91 Å². The third kappa shape index (κ3) is 8.05. The Morgan fingerprint density at radius 1 is 1.18 bits per heavy atom. The summed E-state index contributed by atoms with van der Waals surface area (Å²) in [6.07, 6.45) is 19.9.